The van der Waals surface area contributed by atoms with Gasteiger partial charge in [0.15, 0.2) is 0 Å². The fourth-order valence-corrected chi connectivity index (χ4v) is 2.97. The smallest absolute Gasteiger partial charge is 0.325 e. The molecule has 4 heteroatoms. The molecule has 2 atom stereocenters. The highest BCUT2D eigenvalue weighted by atomic mass is 16.6. The number of esters is 2. The van der Waals surface area contributed by atoms with Crippen LogP contribution in [0.4, 0.5) is 0 Å². The van der Waals surface area contributed by atoms with E-state index in [9.17, 15) is 9.59 Å². The first kappa shape index (κ1) is 10.3. The molecule has 4 nitrogen and oxygen atoms in total. The second-order valence-electron chi connectivity index (χ2n) is 4.61. The molecule has 2 unspecified atom stereocenters. The van der Waals surface area contributed by atoms with Crippen LogP contribution in [0, 0.1) is 5.92 Å². The van der Waals surface area contributed by atoms with Crippen LogP contribution in [0.1, 0.15) is 25.3 Å². The van der Waals surface area contributed by atoms with Crippen LogP contribution in [0.2, 0.25) is 0 Å². The minimum atomic E-state index is -0.858. The molecule has 0 amide bonds. The SMILES string of the molecule is CC1=CCCC2(c3ccoc3)C(=O)OC(=O)C12. The highest BCUT2D eigenvalue weighted by Crippen LogP contribution is 2.49. The van der Waals surface area contributed by atoms with Gasteiger partial charge in [0.1, 0.15) is 5.41 Å². The third-order valence-corrected chi connectivity index (χ3v) is 3.78. The van der Waals surface area contributed by atoms with E-state index in [4.69, 9.17) is 9.15 Å². The molecule has 0 N–H and O–H groups in total. The minimum Gasteiger partial charge on any atom is -0.472 e. The van der Waals surface area contributed by atoms with Crippen LogP contribution in [0.3, 0.4) is 0 Å². The lowest BCUT2D eigenvalue weighted by atomic mass is 9.64. The van der Waals surface area contributed by atoms with Crippen molar-refractivity contribution in [2.75, 3.05) is 0 Å². The van der Waals surface area contributed by atoms with Crippen molar-refractivity contribution in [2.45, 2.75) is 25.2 Å². The maximum absolute atomic E-state index is 12.1. The van der Waals surface area contributed by atoms with E-state index in [1.54, 1.807) is 6.07 Å². The molecule has 1 aromatic heterocycles. The van der Waals surface area contributed by atoms with Crippen molar-refractivity contribution in [3.05, 3.63) is 35.8 Å². The molecule has 1 saturated heterocycles. The Morgan fingerprint density at radius 3 is 2.94 bits per heavy atom. The van der Waals surface area contributed by atoms with E-state index in [2.05, 4.69) is 0 Å². The Balaban J connectivity index is 2.21. The summed E-state index contributed by atoms with van der Waals surface area (Å²) < 4.78 is 9.90. The number of furan rings is 1. The summed E-state index contributed by atoms with van der Waals surface area (Å²) in [5.74, 6) is -1.37. The molecule has 2 aliphatic rings. The normalized spacial score (nSPS) is 32.1. The largest absolute Gasteiger partial charge is 0.472 e. The molecule has 0 radical (unpaired) electrons. The zero-order chi connectivity index (χ0) is 12.0. The van der Waals surface area contributed by atoms with Gasteiger partial charge in [0, 0.05) is 5.56 Å². The van der Waals surface area contributed by atoms with Crippen LogP contribution in [-0.2, 0) is 19.7 Å². The fourth-order valence-electron chi connectivity index (χ4n) is 2.97. The van der Waals surface area contributed by atoms with Crippen molar-refractivity contribution >= 4 is 11.9 Å². The average Bonchev–Trinajstić information content (AvgIpc) is 2.88. The second kappa shape index (κ2) is 3.32. The van der Waals surface area contributed by atoms with E-state index in [-0.39, 0.29) is 0 Å². The van der Waals surface area contributed by atoms with Crippen molar-refractivity contribution in [3.8, 4) is 0 Å². The molecule has 1 fully saturated rings. The predicted octanol–water partition coefficient (Wildman–Crippen LogP) is 1.96. The van der Waals surface area contributed by atoms with Gasteiger partial charge in [-0.1, -0.05) is 11.6 Å². The van der Waals surface area contributed by atoms with Gasteiger partial charge in [-0.05, 0) is 25.8 Å². The Hall–Kier alpha value is -1.84. The number of ether oxygens (including phenoxy) is 1. The number of fused-ring (bicyclic) bond motifs is 1. The number of allylic oxidation sites excluding steroid dienone is 1. The minimum absolute atomic E-state index is 0.440. The monoisotopic (exact) mass is 232 g/mol. The Morgan fingerprint density at radius 2 is 2.24 bits per heavy atom. The lowest BCUT2D eigenvalue weighted by molar-refractivity contribution is -0.154. The maximum Gasteiger partial charge on any atom is 0.325 e. The van der Waals surface area contributed by atoms with Gasteiger partial charge in [0.25, 0.3) is 0 Å². The van der Waals surface area contributed by atoms with E-state index < -0.39 is 23.3 Å². The summed E-state index contributed by atoms with van der Waals surface area (Å²) in [7, 11) is 0. The third kappa shape index (κ3) is 1.18. The van der Waals surface area contributed by atoms with Crippen LogP contribution < -0.4 is 0 Å². The highest BCUT2D eigenvalue weighted by Gasteiger charge is 2.60. The zero-order valence-corrected chi connectivity index (χ0v) is 9.43. The number of hydrogen-bond acceptors (Lipinski definition) is 4. The number of carbonyl (C=O) groups excluding carboxylic acids is 2. The lowest BCUT2D eigenvalue weighted by Gasteiger charge is -2.32. The molecular weight excluding hydrogens is 220 g/mol. The fraction of sp³-hybridized carbons (Fsp3) is 0.385. The van der Waals surface area contributed by atoms with Gasteiger partial charge in [-0.25, -0.2) is 0 Å². The van der Waals surface area contributed by atoms with Crippen LogP contribution in [0.5, 0.6) is 0 Å². The summed E-state index contributed by atoms with van der Waals surface area (Å²) in [6.45, 7) is 1.87. The highest BCUT2D eigenvalue weighted by molar-refractivity contribution is 6.04. The predicted molar refractivity (Wildman–Crippen MR) is 58.0 cm³/mol. The Morgan fingerprint density at radius 1 is 1.41 bits per heavy atom. The Kier molecular flexibility index (Phi) is 2.02. The maximum atomic E-state index is 12.1. The van der Waals surface area contributed by atoms with Crippen molar-refractivity contribution < 1.29 is 18.7 Å². The van der Waals surface area contributed by atoms with Crippen LogP contribution in [-0.4, -0.2) is 11.9 Å². The Labute approximate surface area is 98.2 Å². The van der Waals surface area contributed by atoms with Gasteiger partial charge in [0.2, 0.25) is 0 Å². The summed E-state index contributed by atoms with van der Waals surface area (Å²) in [5.41, 5.74) is 0.794. The van der Waals surface area contributed by atoms with E-state index >= 15 is 0 Å². The van der Waals surface area contributed by atoms with E-state index in [1.165, 1.54) is 12.5 Å². The van der Waals surface area contributed by atoms with Crippen LogP contribution in [0.25, 0.3) is 0 Å². The molecule has 0 saturated carbocycles. The van der Waals surface area contributed by atoms with Gasteiger partial charge in [0.05, 0.1) is 18.4 Å². The number of cyclic esters (lactones) is 2. The number of rotatable bonds is 1. The second-order valence-corrected chi connectivity index (χ2v) is 4.61. The lowest BCUT2D eigenvalue weighted by Crippen LogP contribution is -2.40. The summed E-state index contributed by atoms with van der Waals surface area (Å²) in [5, 5.41) is 0. The summed E-state index contributed by atoms with van der Waals surface area (Å²) in [6.07, 6.45) is 6.42. The molecule has 17 heavy (non-hydrogen) atoms. The van der Waals surface area contributed by atoms with Gasteiger partial charge in [-0.2, -0.15) is 0 Å². The van der Waals surface area contributed by atoms with Gasteiger partial charge in [-0.15, -0.1) is 0 Å². The molecular formula is C13H12O4. The first-order valence-corrected chi connectivity index (χ1v) is 5.62. The average molecular weight is 232 g/mol. The molecule has 0 aromatic carbocycles. The molecule has 2 heterocycles. The summed E-state index contributed by atoms with van der Waals surface area (Å²) in [4.78, 5) is 23.9. The number of carbonyl (C=O) groups is 2. The molecule has 88 valence electrons. The van der Waals surface area contributed by atoms with Crippen molar-refractivity contribution in [2.24, 2.45) is 5.92 Å². The van der Waals surface area contributed by atoms with Crippen LogP contribution >= 0.6 is 0 Å². The van der Waals surface area contributed by atoms with Gasteiger partial charge in [-0.3, -0.25) is 9.59 Å². The first-order valence-electron chi connectivity index (χ1n) is 5.62. The molecule has 1 aliphatic carbocycles. The van der Waals surface area contributed by atoms with Gasteiger partial charge >= 0.3 is 11.9 Å². The van der Waals surface area contributed by atoms with E-state index in [0.717, 1.165) is 17.6 Å². The van der Waals surface area contributed by atoms with Crippen molar-refractivity contribution in [1.29, 1.82) is 0 Å². The first-order chi connectivity index (χ1) is 8.16. The molecule has 0 spiro atoms. The van der Waals surface area contributed by atoms with E-state index in [1.807, 2.05) is 13.0 Å². The molecule has 1 aromatic rings. The summed E-state index contributed by atoms with van der Waals surface area (Å²) in [6, 6.07) is 1.74. The molecule has 1 aliphatic heterocycles. The Bertz CT molecular complexity index is 512. The zero-order valence-electron chi connectivity index (χ0n) is 9.43. The standard InChI is InChI=1S/C13H12O4/c1-8-3-2-5-13(9-4-6-16-7-9)10(8)11(14)17-12(13)15/h3-4,6-7,10H,2,5H2,1H3. The third-order valence-electron chi connectivity index (χ3n) is 3.78. The van der Waals surface area contributed by atoms with Crippen LogP contribution in [0.15, 0.2) is 34.7 Å². The molecule has 0 bridgehead atoms. The molecule has 3 rings (SSSR count). The topological polar surface area (TPSA) is 56.5 Å². The van der Waals surface area contributed by atoms with Crippen molar-refractivity contribution in [1.82, 2.24) is 0 Å². The summed E-state index contributed by atoms with van der Waals surface area (Å²) >= 11 is 0. The van der Waals surface area contributed by atoms with Crippen molar-refractivity contribution in [3.63, 3.8) is 0 Å². The number of hydrogen-bond donors (Lipinski definition) is 0. The van der Waals surface area contributed by atoms with Gasteiger partial charge < -0.3 is 9.15 Å². The quantitative estimate of drug-likeness (QED) is 0.422. The van der Waals surface area contributed by atoms with E-state index in [0.29, 0.717) is 6.42 Å².